The molecule has 72 valence electrons. The number of aromatic nitrogens is 2. The van der Waals surface area contributed by atoms with Crippen LogP contribution in [-0.4, -0.2) is 16.1 Å². The maximum atomic E-state index is 5.65. The van der Waals surface area contributed by atoms with Crippen LogP contribution in [0.3, 0.4) is 0 Å². The topological polar surface area (TPSA) is 99.1 Å². The van der Waals surface area contributed by atoms with Crippen molar-refractivity contribution in [1.82, 2.24) is 9.97 Å². The molecule has 0 radical (unpaired) electrons. The van der Waals surface area contributed by atoms with Crippen LogP contribution in [0.15, 0.2) is 6.33 Å². The van der Waals surface area contributed by atoms with Crippen molar-refractivity contribution in [2.24, 2.45) is 5.84 Å². The van der Waals surface area contributed by atoms with E-state index in [1.165, 1.54) is 6.33 Å². The van der Waals surface area contributed by atoms with Gasteiger partial charge in [0.25, 0.3) is 0 Å². The molecule has 6 nitrogen and oxygen atoms in total. The van der Waals surface area contributed by atoms with Crippen LogP contribution >= 0.6 is 0 Å². The molecule has 0 aromatic carbocycles. The molecular formula is C7H13N5O. The third-order valence-electron chi connectivity index (χ3n) is 1.33. The molecule has 13 heavy (non-hydrogen) atoms. The SMILES string of the molecule is CC(C)Oc1ncnc(NN)c1N. The predicted octanol–water partition coefficient (Wildman–Crippen LogP) is 0.132. The third-order valence-corrected chi connectivity index (χ3v) is 1.33. The number of nitrogen functional groups attached to an aromatic ring is 2. The van der Waals surface area contributed by atoms with Crippen LogP contribution in [0.1, 0.15) is 13.8 Å². The second-order valence-electron chi connectivity index (χ2n) is 2.75. The van der Waals surface area contributed by atoms with Crippen LogP contribution in [0.4, 0.5) is 11.5 Å². The quantitative estimate of drug-likeness (QED) is 0.455. The van der Waals surface area contributed by atoms with Gasteiger partial charge in [0.05, 0.1) is 6.10 Å². The van der Waals surface area contributed by atoms with Crippen LogP contribution in [0, 0.1) is 0 Å². The molecule has 0 atom stereocenters. The van der Waals surface area contributed by atoms with Crippen molar-refractivity contribution in [2.75, 3.05) is 11.2 Å². The first kappa shape index (κ1) is 9.53. The van der Waals surface area contributed by atoms with Crippen LogP contribution in [0.2, 0.25) is 0 Å². The van der Waals surface area contributed by atoms with E-state index in [1.807, 2.05) is 13.8 Å². The molecule has 0 saturated carbocycles. The van der Waals surface area contributed by atoms with Gasteiger partial charge < -0.3 is 15.9 Å². The smallest absolute Gasteiger partial charge is 0.242 e. The summed E-state index contributed by atoms with van der Waals surface area (Å²) in [6.07, 6.45) is 1.35. The maximum Gasteiger partial charge on any atom is 0.242 e. The minimum atomic E-state index is 0.0165. The van der Waals surface area contributed by atoms with E-state index in [9.17, 15) is 0 Å². The highest BCUT2D eigenvalue weighted by Gasteiger charge is 2.08. The molecule has 0 unspecified atom stereocenters. The van der Waals surface area contributed by atoms with Gasteiger partial charge in [-0.25, -0.2) is 10.8 Å². The molecule has 0 amide bonds. The highest BCUT2D eigenvalue weighted by Crippen LogP contribution is 2.24. The Labute approximate surface area is 76.3 Å². The van der Waals surface area contributed by atoms with E-state index in [0.717, 1.165) is 0 Å². The Morgan fingerprint density at radius 3 is 2.69 bits per heavy atom. The molecule has 0 aliphatic rings. The Bertz CT molecular complexity index is 288. The molecular weight excluding hydrogens is 170 g/mol. The van der Waals surface area contributed by atoms with Crippen molar-refractivity contribution in [1.29, 1.82) is 0 Å². The molecule has 0 aliphatic carbocycles. The molecule has 1 aromatic rings. The van der Waals surface area contributed by atoms with Gasteiger partial charge >= 0.3 is 0 Å². The Morgan fingerprint density at radius 2 is 2.15 bits per heavy atom. The lowest BCUT2D eigenvalue weighted by Crippen LogP contribution is -2.14. The van der Waals surface area contributed by atoms with E-state index in [-0.39, 0.29) is 6.10 Å². The molecule has 6 heteroatoms. The highest BCUT2D eigenvalue weighted by atomic mass is 16.5. The van der Waals surface area contributed by atoms with E-state index >= 15 is 0 Å². The van der Waals surface area contributed by atoms with E-state index in [4.69, 9.17) is 16.3 Å². The van der Waals surface area contributed by atoms with Crippen molar-refractivity contribution in [3.05, 3.63) is 6.33 Å². The number of hydrogen-bond acceptors (Lipinski definition) is 6. The first-order valence-corrected chi connectivity index (χ1v) is 3.89. The second-order valence-corrected chi connectivity index (χ2v) is 2.75. The number of ether oxygens (including phenoxy) is 1. The van der Waals surface area contributed by atoms with E-state index in [2.05, 4.69) is 15.4 Å². The van der Waals surface area contributed by atoms with Crippen LogP contribution in [0.5, 0.6) is 5.88 Å². The standard InChI is InChI=1S/C7H13N5O/c1-4(2)13-7-5(8)6(12-9)10-3-11-7/h3-4H,8-9H2,1-2H3,(H,10,11,12). The fourth-order valence-electron chi connectivity index (χ4n) is 0.812. The molecule has 5 N–H and O–H groups in total. The zero-order valence-electron chi connectivity index (χ0n) is 7.61. The van der Waals surface area contributed by atoms with Gasteiger partial charge in [0.1, 0.15) is 12.0 Å². The average Bonchev–Trinajstić information content (AvgIpc) is 2.08. The van der Waals surface area contributed by atoms with Gasteiger partial charge in [-0.1, -0.05) is 0 Å². The summed E-state index contributed by atoms with van der Waals surface area (Å²) in [5.41, 5.74) is 8.32. The number of nitrogens with one attached hydrogen (secondary N) is 1. The van der Waals surface area contributed by atoms with Crippen molar-refractivity contribution in [3.8, 4) is 5.88 Å². The van der Waals surface area contributed by atoms with Crippen molar-refractivity contribution < 1.29 is 4.74 Å². The number of anilines is 2. The molecule has 0 fully saturated rings. The lowest BCUT2D eigenvalue weighted by molar-refractivity contribution is 0.234. The molecule has 1 aromatic heterocycles. The summed E-state index contributed by atoms with van der Waals surface area (Å²) in [6, 6.07) is 0. The minimum absolute atomic E-state index is 0.0165. The molecule has 1 heterocycles. The van der Waals surface area contributed by atoms with Gasteiger partial charge in [0, 0.05) is 0 Å². The summed E-state index contributed by atoms with van der Waals surface area (Å²) in [4.78, 5) is 7.69. The third kappa shape index (κ3) is 2.19. The van der Waals surface area contributed by atoms with E-state index < -0.39 is 0 Å². The molecule has 1 rings (SSSR count). The normalized spacial score (nSPS) is 10.2. The van der Waals surface area contributed by atoms with Crippen molar-refractivity contribution >= 4 is 11.5 Å². The Kier molecular flexibility index (Phi) is 2.86. The van der Waals surface area contributed by atoms with Crippen molar-refractivity contribution in [3.63, 3.8) is 0 Å². The van der Waals surface area contributed by atoms with E-state index in [0.29, 0.717) is 17.4 Å². The van der Waals surface area contributed by atoms with Gasteiger partial charge in [-0.05, 0) is 13.8 Å². The largest absolute Gasteiger partial charge is 0.473 e. The second kappa shape index (κ2) is 3.90. The number of hydrazine groups is 1. The summed E-state index contributed by atoms with van der Waals surface area (Å²) in [7, 11) is 0. The molecule has 0 bridgehead atoms. The van der Waals surface area contributed by atoms with Gasteiger partial charge in [-0.2, -0.15) is 4.98 Å². The summed E-state index contributed by atoms with van der Waals surface area (Å²) in [5, 5.41) is 0. The van der Waals surface area contributed by atoms with Gasteiger partial charge in [0.15, 0.2) is 5.82 Å². The Morgan fingerprint density at radius 1 is 1.46 bits per heavy atom. The average molecular weight is 183 g/mol. The number of nitrogens with two attached hydrogens (primary N) is 2. The minimum Gasteiger partial charge on any atom is -0.473 e. The maximum absolute atomic E-state index is 5.65. The first-order valence-electron chi connectivity index (χ1n) is 3.89. The van der Waals surface area contributed by atoms with Gasteiger partial charge in [-0.3, -0.25) is 0 Å². The lowest BCUT2D eigenvalue weighted by Gasteiger charge is -2.11. The molecule has 0 saturated heterocycles. The van der Waals surface area contributed by atoms with Crippen LogP contribution in [-0.2, 0) is 0 Å². The number of nitrogens with zero attached hydrogens (tertiary/aromatic N) is 2. The van der Waals surface area contributed by atoms with Crippen LogP contribution < -0.4 is 21.7 Å². The molecule has 0 aliphatic heterocycles. The van der Waals surface area contributed by atoms with Crippen LogP contribution in [0.25, 0.3) is 0 Å². The summed E-state index contributed by atoms with van der Waals surface area (Å²) < 4.78 is 5.32. The summed E-state index contributed by atoms with van der Waals surface area (Å²) >= 11 is 0. The zero-order chi connectivity index (χ0) is 9.84. The highest BCUT2D eigenvalue weighted by molar-refractivity contribution is 5.65. The monoisotopic (exact) mass is 183 g/mol. The fraction of sp³-hybridized carbons (Fsp3) is 0.429. The van der Waals surface area contributed by atoms with Crippen molar-refractivity contribution in [2.45, 2.75) is 20.0 Å². The fourth-order valence-corrected chi connectivity index (χ4v) is 0.812. The zero-order valence-corrected chi connectivity index (χ0v) is 7.61. The Balaban J connectivity index is 2.94. The lowest BCUT2D eigenvalue weighted by atomic mass is 10.4. The summed E-state index contributed by atoms with van der Waals surface area (Å²) in [5.74, 6) is 5.89. The predicted molar refractivity (Wildman–Crippen MR) is 50.0 cm³/mol. The summed E-state index contributed by atoms with van der Waals surface area (Å²) in [6.45, 7) is 3.77. The molecule has 0 spiro atoms. The number of hydrogen-bond donors (Lipinski definition) is 3. The van der Waals surface area contributed by atoms with Gasteiger partial charge in [0.2, 0.25) is 5.88 Å². The van der Waals surface area contributed by atoms with Gasteiger partial charge in [-0.15, -0.1) is 0 Å². The number of rotatable bonds is 3. The first-order chi connectivity index (χ1) is 6.15. The van der Waals surface area contributed by atoms with E-state index in [1.54, 1.807) is 0 Å². The Hall–Kier alpha value is -1.56.